The lowest BCUT2D eigenvalue weighted by Gasteiger charge is -2.36. The number of thioether (sulfide) groups is 1. The van der Waals surface area contributed by atoms with E-state index in [4.69, 9.17) is 4.74 Å². The van der Waals surface area contributed by atoms with Crippen molar-refractivity contribution in [2.24, 2.45) is 5.92 Å². The fourth-order valence-electron chi connectivity index (χ4n) is 4.09. The number of hydrogen-bond donors (Lipinski definition) is 1. The van der Waals surface area contributed by atoms with Crippen LogP contribution in [0.1, 0.15) is 29.2 Å². The third-order valence-corrected chi connectivity index (χ3v) is 7.71. The fraction of sp³-hybridized carbons (Fsp3) is 0.286. The van der Waals surface area contributed by atoms with Gasteiger partial charge in [-0.15, -0.1) is 11.8 Å². The zero-order valence-electron chi connectivity index (χ0n) is 20.0. The van der Waals surface area contributed by atoms with E-state index in [0.29, 0.717) is 13.1 Å². The van der Waals surface area contributed by atoms with Gasteiger partial charge < -0.3 is 15.0 Å². The molecule has 0 saturated heterocycles. The molecule has 2 atom stereocenters. The molecule has 0 aromatic heterocycles. The summed E-state index contributed by atoms with van der Waals surface area (Å²) in [4.78, 5) is 29.6. The maximum Gasteiger partial charge on any atom is 0.241 e. The molecule has 0 fully saturated rings. The smallest absolute Gasteiger partial charge is 0.241 e. The van der Waals surface area contributed by atoms with Gasteiger partial charge in [0.25, 0.3) is 0 Å². The van der Waals surface area contributed by atoms with E-state index in [9.17, 15) is 9.59 Å². The van der Waals surface area contributed by atoms with E-state index >= 15 is 0 Å². The van der Waals surface area contributed by atoms with Gasteiger partial charge in [0.2, 0.25) is 11.8 Å². The number of rotatable bonds is 7. The third-order valence-electron chi connectivity index (χ3n) is 6.25. The van der Waals surface area contributed by atoms with Crippen LogP contribution in [0.3, 0.4) is 0 Å². The molecule has 3 aromatic rings. The van der Waals surface area contributed by atoms with Crippen molar-refractivity contribution >= 4 is 29.3 Å². The Kier molecular flexibility index (Phi) is 7.27. The molecule has 1 aliphatic heterocycles. The lowest BCUT2D eigenvalue weighted by molar-refractivity contribution is -0.128. The molecule has 0 aliphatic carbocycles. The van der Waals surface area contributed by atoms with Gasteiger partial charge in [-0.2, -0.15) is 0 Å². The average Bonchev–Trinajstić information content (AvgIpc) is 2.86. The molecule has 4 rings (SSSR count). The molecule has 0 radical (unpaired) electrons. The zero-order chi connectivity index (χ0) is 24.2. The number of carbonyl (C=O) groups is 2. The summed E-state index contributed by atoms with van der Waals surface area (Å²) in [5.74, 6) is 0.130. The SMILES string of the molecule is COc1ccc(CNC(=O)[C@H](C)[C@H]2Sc3ccccc3N(Cc3cc(C)ccc3C)C2=O)cc1. The Labute approximate surface area is 205 Å². The summed E-state index contributed by atoms with van der Waals surface area (Å²) < 4.78 is 5.19. The summed E-state index contributed by atoms with van der Waals surface area (Å²) in [6, 6.07) is 21.8. The van der Waals surface area contributed by atoms with Gasteiger partial charge in [0, 0.05) is 11.4 Å². The highest BCUT2D eigenvalue weighted by Crippen LogP contribution is 2.42. The molecule has 0 bridgehead atoms. The Morgan fingerprint density at radius 1 is 1.09 bits per heavy atom. The monoisotopic (exact) mass is 474 g/mol. The van der Waals surface area contributed by atoms with Gasteiger partial charge in [0.15, 0.2) is 0 Å². The van der Waals surface area contributed by atoms with Gasteiger partial charge in [-0.1, -0.05) is 55.0 Å². The van der Waals surface area contributed by atoms with Crippen LogP contribution in [0.4, 0.5) is 5.69 Å². The topological polar surface area (TPSA) is 58.6 Å². The predicted octanol–water partition coefficient (Wildman–Crippen LogP) is 5.27. The zero-order valence-corrected chi connectivity index (χ0v) is 20.8. The van der Waals surface area contributed by atoms with E-state index in [1.54, 1.807) is 7.11 Å². The van der Waals surface area contributed by atoms with Crippen LogP contribution in [-0.2, 0) is 22.7 Å². The number of aryl methyl sites for hydroxylation is 2. The molecule has 6 heteroatoms. The van der Waals surface area contributed by atoms with Gasteiger partial charge in [0.05, 0.1) is 25.3 Å². The molecular weight excluding hydrogens is 444 g/mol. The van der Waals surface area contributed by atoms with Crippen molar-refractivity contribution in [1.29, 1.82) is 0 Å². The minimum Gasteiger partial charge on any atom is -0.497 e. The summed E-state index contributed by atoms with van der Waals surface area (Å²) in [5.41, 5.74) is 5.31. The van der Waals surface area contributed by atoms with E-state index in [2.05, 4.69) is 37.4 Å². The van der Waals surface area contributed by atoms with E-state index in [1.807, 2.05) is 60.4 Å². The summed E-state index contributed by atoms with van der Waals surface area (Å²) >= 11 is 1.48. The Morgan fingerprint density at radius 2 is 1.82 bits per heavy atom. The fourth-order valence-corrected chi connectivity index (χ4v) is 5.38. The summed E-state index contributed by atoms with van der Waals surface area (Å²) in [6.07, 6.45) is 0. The Hall–Kier alpha value is -3.25. The van der Waals surface area contributed by atoms with Crippen LogP contribution in [0.15, 0.2) is 71.6 Å². The Morgan fingerprint density at radius 3 is 2.56 bits per heavy atom. The molecule has 34 heavy (non-hydrogen) atoms. The standard InChI is InChI=1S/C28H30N2O3S/c1-18-9-10-19(2)22(15-18)17-30-24-7-5-6-8-25(24)34-26(28(30)32)20(3)27(31)29-16-21-11-13-23(33-4)14-12-21/h5-15,20,26H,16-17H2,1-4H3,(H,29,31)/t20-,26-/m1/s1. The van der Waals surface area contributed by atoms with E-state index in [1.165, 1.54) is 11.8 Å². The molecule has 1 aliphatic rings. The second-order valence-corrected chi connectivity index (χ2v) is 9.90. The van der Waals surface area contributed by atoms with Crippen LogP contribution in [0, 0.1) is 19.8 Å². The highest BCUT2D eigenvalue weighted by Gasteiger charge is 2.39. The van der Waals surface area contributed by atoms with Crippen LogP contribution >= 0.6 is 11.8 Å². The molecule has 0 spiro atoms. The molecule has 1 N–H and O–H groups in total. The maximum absolute atomic E-state index is 13.7. The van der Waals surface area contributed by atoms with Crippen LogP contribution in [-0.4, -0.2) is 24.2 Å². The lowest BCUT2D eigenvalue weighted by atomic mass is 10.0. The van der Waals surface area contributed by atoms with Gasteiger partial charge >= 0.3 is 0 Å². The number of hydrogen-bond acceptors (Lipinski definition) is 4. The number of nitrogens with one attached hydrogen (secondary N) is 1. The van der Waals surface area contributed by atoms with E-state index in [-0.39, 0.29) is 11.8 Å². The van der Waals surface area contributed by atoms with Gasteiger partial charge in [0.1, 0.15) is 11.0 Å². The van der Waals surface area contributed by atoms with Crippen LogP contribution < -0.4 is 15.0 Å². The highest BCUT2D eigenvalue weighted by molar-refractivity contribution is 8.01. The summed E-state index contributed by atoms with van der Waals surface area (Å²) in [6.45, 7) is 6.85. The van der Waals surface area contributed by atoms with Crippen molar-refractivity contribution in [2.45, 2.75) is 44.0 Å². The number of carbonyl (C=O) groups excluding carboxylic acids is 2. The molecule has 5 nitrogen and oxygen atoms in total. The number of ether oxygens (including phenoxy) is 1. The third kappa shape index (κ3) is 5.12. The van der Waals surface area contributed by atoms with E-state index in [0.717, 1.165) is 38.6 Å². The Balaban J connectivity index is 1.52. The van der Waals surface area contributed by atoms with E-state index < -0.39 is 11.2 Å². The van der Waals surface area contributed by atoms with Gasteiger partial charge in [-0.3, -0.25) is 9.59 Å². The first kappa shape index (κ1) is 23.9. The molecule has 176 valence electrons. The molecule has 0 unspecified atom stereocenters. The van der Waals surface area contributed by atoms with Crippen molar-refractivity contribution in [2.75, 3.05) is 12.0 Å². The first-order chi connectivity index (χ1) is 16.4. The summed E-state index contributed by atoms with van der Waals surface area (Å²) in [7, 11) is 1.62. The minimum atomic E-state index is -0.490. The van der Waals surface area contributed by atoms with Crippen molar-refractivity contribution in [3.05, 3.63) is 89.0 Å². The number of benzene rings is 3. The number of amides is 2. The predicted molar refractivity (Wildman–Crippen MR) is 137 cm³/mol. The number of anilines is 1. The van der Waals surface area contributed by atoms with Crippen molar-refractivity contribution in [1.82, 2.24) is 5.32 Å². The van der Waals surface area contributed by atoms with Gasteiger partial charge in [-0.25, -0.2) is 0 Å². The summed E-state index contributed by atoms with van der Waals surface area (Å²) in [5, 5.41) is 2.51. The molecular formula is C28H30N2O3S. The average molecular weight is 475 g/mol. The first-order valence-electron chi connectivity index (χ1n) is 11.4. The van der Waals surface area contributed by atoms with Crippen LogP contribution in [0.25, 0.3) is 0 Å². The normalized spacial score (nSPS) is 16.1. The number of fused-ring (bicyclic) bond motifs is 1. The second kappa shape index (κ2) is 10.3. The Bertz CT molecular complexity index is 1190. The van der Waals surface area contributed by atoms with Gasteiger partial charge in [-0.05, 0) is 54.8 Å². The first-order valence-corrected chi connectivity index (χ1v) is 12.3. The second-order valence-electron chi connectivity index (χ2n) is 8.72. The highest BCUT2D eigenvalue weighted by atomic mass is 32.2. The van der Waals surface area contributed by atoms with Crippen molar-refractivity contribution in [3.63, 3.8) is 0 Å². The van der Waals surface area contributed by atoms with Crippen LogP contribution in [0.2, 0.25) is 0 Å². The maximum atomic E-state index is 13.7. The number of nitrogens with zero attached hydrogens (tertiary/aromatic N) is 1. The molecule has 1 heterocycles. The quantitative estimate of drug-likeness (QED) is 0.507. The molecule has 3 aromatic carbocycles. The molecule has 2 amide bonds. The largest absolute Gasteiger partial charge is 0.497 e. The lowest BCUT2D eigenvalue weighted by Crippen LogP contribution is -2.47. The number of para-hydroxylation sites is 1. The number of methoxy groups -OCH3 is 1. The minimum absolute atomic E-state index is 0.0308. The van der Waals surface area contributed by atoms with Crippen molar-refractivity contribution in [3.8, 4) is 5.75 Å². The molecule has 0 saturated carbocycles. The van der Waals surface area contributed by atoms with Crippen LogP contribution in [0.5, 0.6) is 5.75 Å². The van der Waals surface area contributed by atoms with Crippen molar-refractivity contribution < 1.29 is 14.3 Å².